The van der Waals surface area contributed by atoms with E-state index in [4.69, 9.17) is 15.2 Å². The van der Waals surface area contributed by atoms with Gasteiger partial charge < -0.3 is 25.8 Å². The largest absolute Gasteiger partial charge is 0.474 e. The third-order valence-corrected chi connectivity index (χ3v) is 8.79. The topological polar surface area (TPSA) is 110 Å². The Labute approximate surface area is 251 Å². The van der Waals surface area contributed by atoms with E-state index in [-0.39, 0.29) is 52.5 Å². The number of anilines is 2. The van der Waals surface area contributed by atoms with Crippen molar-refractivity contribution >= 4 is 22.4 Å². The van der Waals surface area contributed by atoms with E-state index in [1.807, 2.05) is 6.92 Å². The summed E-state index contributed by atoms with van der Waals surface area (Å²) in [7, 11) is 0. The number of aryl methyl sites for hydroxylation is 1. The van der Waals surface area contributed by atoms with E-state index >= 15 is 4.39 Å². The average molecular weight is 622 g/mol. The van der Waals surface area contributed by atoms with Gasteiger partial charge in [0.1, 0.15) is 35.2 Å². The molecule has 3 aliphatic heterocycles. The Balaban J connectivity index is 1.54. The molecule has 3 aliphatic rings. The fraction of sp³-hybridized carbons (Fsp3) is 0.567. The Hall–Kier alpha value is -3.52. The zero-order chi connectivity index (χ0) is 31.4. The Kier molecular flexibility index (Phi) is 7.93. The lowest BCUT2D eigenvalue weighted by Gasteiger charge is -2.30. The molecule has 2 aromatic heterocycles. The van der Waals surface area contributed by atoms with Crippen molar-refractivity contribution in [2.24, 2.45) is 0 Å². The average Bonchev–Trinajstić information content (AvgIpc) is 3.45. The maximum atomic E-state index is 16.6. The molecule has 6 rings (SSSR count). The number of fused-ring (bicyclic) bond motifs is 1. The molecule has 1 aromatic carbocycles. The highest BCUT2D eigenvalue weighted by atomic mass is 19.4. The van der Waals surface area contributed by atoms with Crippen LogP contribution in [0.4, 0.5) is 33.5 Å². The minimum absolute atomic E-state index is 0.00858. The Bertz CT molecular complexity index is 1570. The molecule has 0 radical (unpaired) electrons. The highest BCUT2D eigenvalue weighted by molar-refractivity contribution is 5.96. The van der Waals surface area contributed by atoms with Crippen molar-refractivity contribution in [1.29, 1.82) is 0 Å². The van der Waals surface area contributed by atoms with E-state index in [2.05, 4.69) is 30.5 Å². The van der Waals surface area contributed by atoms with E-state index < -0.39 is 46.6 Å². The van der Waals surface area contributed by atoms with E-state index in [0.29, 0.717) is 32.5 Å². The number of nitrogens with two attached hydrogens (primary N) is 1. The monoisotopic (exact) mass is 621 g/mol. The van der Waals surface area contributed by atoms with E-state index in [0.717, 1.165) is 25.5 Å². The maximum Gasteiger partial charge on any atom is 0.417 e. The molecule has 2 saturated heterocycles. The minimum Gasteiger partial charge on any atom is -0.474 e. The number of pyridine rings is 1. The molecule has 0 aliphatic carbocycles. The van der Waals surface area contributed by atoms with Crippen LogP contribution in [-0.2, 0) is 6.18 Å². The SMILES string of the molecule is Cc1cc(N)cc(-c2nc3c4c(nc(OCC56CCCN5C[C@H](F)C6)nc4c2F)NCC(C)NCC[C@H](C)O3)c1C(F)(F)F. The van der Waals surface area contributed by atoms with Crippen LogP contribution < -0.4 is 25.8 Å². The van der Waals surface area contributed by atoms with Gasteiger partial charge in [-0.15, -0.1) is 0 Å². The van der Waals surface area contributed by atoms with Gasteiger partial charge in [0.05, 0.1) is 17.2 Å². The van der Waals surface area contributed by atoms with Crippen molar-refractivity contribution in [1.82, 2.24) is 25.2 Å². The van der Waals surface area contributed by atoms with Crippen LogP contribution in [-0.4, -0.2) is 76.5 Å². The summed E-state index contributed by atoms with van der Waals surface area (Å²) in [5.74, 6) is -1.05. The molecule has 5 heterocycles. The molecule has 2 unspecified atom stereocenters. The van der Waals surface area contributed by atoms with Crippen LogP contribution in [0.3, 0.4) is 0 Å². The number of alkyl halides is 4. The number of rotatable bonds is 4. The Morgan fingerprint density at radius 2 is 2.00 bits per heavy atom. The van der Waals surface area contributed by atoms with Crippen LogP contribution >= 0.6 is 0 Å². The first-order valence-electron chi connectivity index (χ1n) is 14.9. The molecular weight excluding hydrogens is 585 g/mol. The normalized spacial score (nSPS) is 26.1. The highest BCUT2D eigenvalue weighted by Gasteiger charge is 2.49. The molecule has 9 nitrogen and oxygen atoms in total. The molecule has 0 saturated carbocycles. The summed E-state index contributed by atoms with van der Waals surface area (Å²) in [6.07, 6.45) is -3.73. The molecule has 4 N–H and O–H groups in total. The van der Waals surface area contributed by atoms with Crippen molar-refractivity contribution in [2.45, 2.75) is 76.5 Å². The van der Waals surface area contributed by atoms with Gasteiger partial charge in [-0.25, -0.2) is 13.8 Å². The van der Waals surface area contributed by atoms with Gasteiger partial charge in [0.15, 0.2) is 5.82 Å². The van der Waals surface area contributed by atoms with Gasteiger partial charge in [0.2, 0.25) is 5.88 Å². The van der Waals surface area contributed by atoms with Gasteiger partial charge in [-0.3, -0.25) is 4.90 Å². The molecule has 3 aromatic rings. The van der Waals surface area contributed by atoms with Gasteiger partial charge in [-0.2, -0.15) is 23.1 Å². The molecule has 4 atom stereocenters. The second kappa shape index (κ2) is 11.4. The number of nitrogen functional groups attached to an aromatic ring is 1. The van der Waals surface area contributed by atoms with Crippen LogP contribution in [0.1, 0.15) is 50.7 Å². The lowest BCUT2D eigenvalue weighted by molar-refractivity contribution is -0.137. The summed E-state index contributed by atoms with van der Waals surface area (Å²) in [6, 6.07) is 2.04. The molecule has 0 amide bonds. The fourth-order valence-electron chi connectivity index (χ4n) is 6.71. The first-order valence-corrected chi connectivity index (χ1v) is 14.9. The molecule has 14 heteroatoms. The summed E-state index contributed by atoms with van der Waals surface area (Å²) in [5.41, 5.74) is 2.78. The smallest absolute Gasteiger partial charge is 0.417 e. The van der Waals surface area contributed by atoms with E-state index in [1.165, 1.54) is 13.0 Å². The predicted octanol–water partition coefficient (Wildman–Crippen LogP) is 5.26. The Morgan fingerprint density at radius 1 is 1.20 bits per heavy atom. The number of aromatic nitrogens is 3. The van der Waals surface area contributed by atoms with Crippen LogP contribution in [0, 0.1) is 12.7 Å². The van der Waals surface area contributed by atoms with Crippen LogP contribution in [0.25, 0.3) is 22.2 Å². The summed E-state index contributed by atoms with van der Waals surface area (Å²) in [4.78, 5) is 15.3. The van der Waals surface area contributed by atoms with Crippen molar-refractivity contribution in [3.05, 3.63) is 29.1 Å². The number of benzene rings is 1. The number of ether oxygens (including phenoxy) is 2. The van der Waals surface area contributed by atoms with E-state index in [1.54, 1.807) is 6.92 Å². The molecule has 238 valence electrons. The number of halogens is 5. The minimum atomic E-state index is -4.82. The quantitative estimate of drug-likeness (QED) is 0.266. The number of hydrogen-bond donors (Lipinski definition) is 3. The highest BCUT2D eigenvalue weighted by Crippen LogP contribution is 2.44. The second-order valence-electron chi connectivity index (χ2n) is 12.2. The standard InChI is InChI=1S/C30H36F5N7O2/c1-15-9-19(36)10-20(22(15)30(33,34)35)24-23(32)25-21-26(38-12-16(2)37-7-5-17(3)44-27(21)39-24)41-28(40-25)43-14-29-6-4-8-42(29)13-18(31)11-29/h9-10,16-18,37H,4-8,11-14,36H2,1-3H3,(H,38,40,41)/t16?,17-,18+,29?/m0/s1. The summed E-state index contributed by atoms with van der Waals surface area (Å²) < 4.78 is 86.1. The molecular formula is C30H36F5N7O2. The van der Waals surface area contributed by atoms with Gasteiger partial charge in [0, 0.05) is 36.8 Å². The lowest BCUT2D eigenvalue weighted by atomic mass is 9.95. The van der Waals surface area contributed by atoms with Crippen molar-refractivity contribution in [3.63, 3.8) is 0 Å². The van der Waals surface area contributed by atoms with Gasteiger partial charge in [-0.05, 0) is 70.8 Å². The maximum absolute atomic E-state index is 16.6. The molecule has 0 spiro atoms. The number of hydrogen-bond acceptors (Lipinski definition) is 9. The lowest BCUT2D eigenvalue weighted by Crippen LogP contribution is -2.43. The fourth-order valence-corrected chi connectivity index (χ4v) is 6.71. The number of nitrogens with zero attached hydrogens (tertiary/aromatic N) is 4. The zero-order valence-corrected chi connectivity index (χ0v) is 24.8. The first-order chi connectivity index (χ1) is 20.8. The third kappa shape index (κ3) is 5.69. The summed E-state index contributed by atoms with van der Waals surface area (Å²) in [6.45, 7) is 7.17. The second-order valence-corrected chi connectivity index (χ2v) is 12.2. The predicted molar refractivity (Wildman–Crippen MR) is 156 cm³/mol. The van der Waals surface area contributed by atoms with Crippen molar-refractivity contribution in [2.75, 3.05) is 43.8 Å². The zero-order valence-electron chi connectivity index (χ0n) is 24.8. The van der Waals surface area contributed by atoms with Gasteiger partial charge >= 0.3 is 12.2 Å². The molecule has 0 bridgehead atoms. The van der Waals surface area contributed by atoms with Gasteiger partial charge in [0.25, 0.3) is 0 Å². The van der Waals surface area contributed by atoms with Crippen molar-refractivity contribution < 1.29 is 31.4 Å². The van der Waals surface area contributed by atoms with E-state index in [9.17, 15) is 17.6 Å². The number of nitrogens with one attached hydrogen (secondary N) is 2. The van der Waals surface area contributed by atoms with Crippen LogP contribution in [0.15, 0.2) is 12.1 Å². The first kappa shape index (κ1) is 30.5. The molecule has 2 fully saturated rings. The van der Waals surface area contributed by atoms with Crippen LogP contribution in [0.5, 0.6) is 11.9 Å². The summed E-state index contributed by atoms with van der Waals surface area (Å²) >= 11 is 0. The molecule has 44 heavy (non-hydrogen) atoms. The Morgan fingerprint density at radius 3 is 2.77 bits per heavy atom. The third-order valence-electron chi connectivity index (χ3n) is 8.79. The summed E-state index contributed by atoms with van der Waals surface area (Å²) in [5, 5.41) is 6.65. The van der Waals surface area contributed by atoms with Crippen LogP contribution in [0.2, 0.25) is 0 Å². The van der Waals surface area contributed by atoms with Crippen molar-refractivity contribution in [3.8, 4) is 23.1 Å². The van der Waals surface area contributed by atoms with Gasteiger partial charge in [-0.1, -0.05) is 0 Å².